The third-order valence-corrected chi connectivity index (χ3v) is 4.41. The molecule has 112 valence electrons. The fourth-order valence-electron chi connectivity index (χ4n) is 2.04. The molecule has 1 atom stereocenters. The van der Waals surface area contributed by atoms with E-state index < -0.39 is 0 Å². The highest BCUT2D eigenvalue weighted by atomic mass is 79.9. The van der Waals surface area contributed by atoms with Gasteiger partial charge in [-0.15, -0.1) is 0 Å². The number of benzene rings is 1. The molecule has 0 aliphatic heterocycles. The zero-order valence-corrected chi connectivity index (χ0v) is 14.2. The predicted octanol–water partition coefficient (Wildman–Crippen LogP) is 3.25. The molecule has 0 radical (unpaired) electrons. The fraction of sp³-hybridized carbons (Fsp3) is 0.267. The topological polar surface area (TPSA) is 52.6 Å². The van der Waals surface area contributed by atoms with E-state index in [4.69, 9.17) is 0 Å². The van der Waals surface area contributed by atoms with Crippen LogP contribution in [0.25, 0.3) is 0 Å². The van der Waals surface area contributed by atoms with Gasteiger partial charge in [-0.2, -0.15) is 11.3 Å². The molecule has 0 saturated heterocycles. The summed E-state index contributed by atoms with van der Waals surface area (Å²) in [6, 6.07) is 6.97. The van der Waals surface area contributed by atoms with Crippen molar-refractivity contribution in [3.05, 3.63) is 50.6 Å². The van der Waals surface area contributed by atoms with Crippen LogP contribution in [-0.4, -0.2) is 36.6 Å². The zero-order chi connectivity index (χ0) is 15.4. The summed E-state index contributed by atoms with van der Waals surface area (Å²) < 4.78 is 0.757. The lowest BCUT2D eigenvalue weighted by Gasteiger charge is -2.24. The highest BCUT2D eigenvalue weighted by Gasteiger charge is 2.17. The first-order chi connectivity index (χ1) is 9.99. The molecule has 6 heteroatoms. The molecule has 0 fully saturated rings. The quantitative estimate of drug-likeness (QED) is 0.851. The van der Waals surface area contributed by atoms with Crippen LogP contribution in [0.4, 0.5) is 0 Å². The number of likely N-dealkylation sites (N-methyl/N-ethyl adjacent to an activating group) is 1. The van der Waals surface area contributed by atoms with Crippen molar-refractivity contribution >= 4 is 33.2 Å². The van der Waals surface area contributed by atoms with Gasteiger partial charge in [-0.1, -0.05) is 15.9 Å². The Morgan fingerprint density at radius 3 is 2.81 bits per heavy atom. The van der Waals surface area contributed by atoms with Crippen LogP contribution in [0, 0.1) is 0 Å². The summed E-state index contributed by atoms with van der Waals surface area (Å²) >= 11 is 4.94. The number of aromatic hydroxyl groups is 1. The predicted molar refractivity (Wildman–Crippen MR) is 88.9 cm³/mol. The Morgan fingerprint density at radius 1 is 1.43 bits per heavy atom. The lowest BCUT2D eigenvalue weighted by atomic mass is 10.1. The number of rotatable bonds is 5. The van der Waals surface area contributed by atoms with Crippen LogP contribution in [0.2, 0.25) is 0 Å². The molecular formula is C15H17BrN2O2S. The molecule has 1 heterocycles. The second kappa shape index (κ2) is 7.06. The van der Waals surface area contributed by atoms with Gasteiger partial charge in [0.15, 0.2) is 0 Å². The van der Waals surface area contributed by atoms with E-state index in [0.717, 1.165) is 4.47 Å². The number of phenols is 1. The first kappa shape index (κ1) is 16.0. The van der Waals surface area contributed by atoms with Gasteiger partial charge in [0.1, 0.15) is 5.75 Å². The van der Waals surface area contributed by atoms with E-state index in [2.05, 4.69) is 37.6 Å². The van der Waals surface area contributed by atoms with Crippen LogP contribution in [0.1, 0.15) is 22.0 Å². The van der Waals surface area contributed by atoms with Gasteiger partial charge in [0.25, 0.3) is 5.91 Å². The molecule has 1 aromatic heterocycles. The van der Waals surface area contributed by atoms with Gasteiger partial charge in [0.05, 0.1) is 11.6 Å². The largest absolute Gasteiger partial charge is 0.507 e. The summed E-state index contributed by atoms with van der Waals surface area (Å²) in [5.41, 5.74) is 1.44. The van der Waals surface area contributed by atoms with Crippen molar-refractivity contribution in [2.75, 3.05) is 20.6 Å². The third kappa shape index (κ3) is 4.06. The van der Waals surface area contributed by atoms with Crippen LogP contribution in [0.3, 0.4) is 0 Å². The summed E-state index contributed by atoms with van der Waals surface area (Å²) in [4.78, 5) is 14.3. The average molecular weight is 369 g/mol. The van der Waals surface area contributed by atoms with Crippen molar-refractivity contribution < 1.29 is 9.90 Å². The molecule has 1 amide bonds. The van der Waals surface area contributed by atoms with Crippen LogP contribution in [-0.2, 0) is 0 Å². The van der Waals surface area contributed by atoms with E-state index in [-0.39, 0.29) is 23.3 Å². The molecule has 21 heavy (non-hydrogen) atoms. The van der Waals surface area contributed by atoms with Crippen molar-refractivity contribution in [1.29, 1.82) is 0 Å². The van der Waals surface area contributed by atoms with Crippen LogP contribution >= 0.6 is 27.3 Å². The average Bonchev–Trinajstić information content (AvgIpc) is 2.95. The lowest BCUT2D eigenvalue weighted by molar-refractivity contribution is 0.0939. The van der Waals surface area contributed by atoms with E-state index in [9.17, 15) is 9.90 Å². The minimum Gasteiger partial charge on any atom is -0.507 e. The summed E-state index contributed by atoms with van der Waals surface area (Å²) in [7, 11) is 3.95. The number of hydrogen-bond acceptors (Lipinski definition) is 4. The summed E-state index contributed by atoms with van der Waals surface area (Å²) in [5, 5.41) is 16.8. The number of nitrogens with one attached hydrogen (secondary N) is 1. The van der Waals surface area contributed by atoms with Crippen molar-refractivity contribution in [2.45, 2.75) is 6.04 Å². The number of hydrogen-bond donors (Lipinski definition) is 2. The monoisotopic (exact) mass is 368 g/mol. The second-order valence-corrected chi connectivity index (χ2v) is 6.60. The molecule has 0 saturated carbocycles. The Balaban J connectivity index is 2.07. The molecule has 1 aromatic carbocycles. The Kier molecular flexibility index (Phi) is 5.39. The molecular weight excluding hydrogens is 352 g/mol. The maximum atomic E-state index is 12.2. The van der Waals surface area contributed by atoms with Gasteiger partial charge in [-0.3, -0.25) is 4.79 Å². The first-order valence-electron chi connectivity index (χ1n) is 6.44. The standard InChI is InChI=1S/C15H17BrN2O2S/c1-18(2)13(10-5-6-21-9-10)8-17-15(20)12-7-11(16)3-4-14(12)19/h3-7,9,13,19H,8H2,1-2H3,(H,17,20)/t13-/m0/s1. The van der Waals surface area contributed by atoms with Crippen molar-refractivity contribution in [3.8, 4) is 5.75 Å². The number of nitrogens with zero attached hydrogens (tertiary/aromatic N) is 1. The van der Waals surface area contributed by atoms with E-state index in [1.807, 2.05) is 19.5 Å². The summed E-state index contributed by atoms with van der Waals surface area (Å²) in [5.74, 6) is -0.302. The van der Waals surface area contributed by atoms with E-state index >= 15 is 0 Å². The molecule has 4 nitrogen and oxygen atoms in total. The van der Waals surface area contributed by atoms with Gasteiger partial charge in [-0.05, 0) is 54.7 Å². The van der Waals surface area contributed by atoms with Crippen LogP contribution in [0.5, 0.6) is 5.75 Å². The lowest BCUT2D eigenvalue weighted by Crippen LogP contribution is -2.34. The molecule has 2 aromatic rings. The zero-order valence-electron chi connectivity index (χ0n) is 11.8. The molecule has 0 spiro atoms. The number of thiophene rings is 1. The van der Waals surface area contributed by atoms with Gasteiger partial charge in [0.2, 0.25) is 0 Å². The number of carbonyl (C=O) groups is 1. The molecule has 2 N–H and O–H groups in total. The first-order valence-corrected chi connectivity index (χ1v) is 8.18. The third-order valence-electron chi connectivity index (χ3n) is 3.21. The number of amides is 1. The molecule has 0 aliphatic carbocycles. The Hall–Kier alpha value is -1.37. The second-order valence-electron chi connectivity index (χ2n) is 4.91. The van der Waals surface area contributed by atoms with Gasteiger partial charge < -0.3 is 15.3 Å². The molecule has 0 aliphatic rings. The van der Waals surface area contributed by atoms with E-state index in [0.29, 0.717) is 6.54 Å². The molecule has 0 unspecified atom stereocenters. The van der Waals surface area contributed by atoms with E-state index in [1.54, 1.807) is 23.5 Å². The van der Waals surface area contributed by atoms with Gasteiger partial charge in [-0.25, -0.2) is 0 Å². The van der Waals surface area contributed by atoms with Crippen LogP contribution in [0.15, 0.2) is 39.5 Å². The Morgan fingerprint density at radius 2 is 2.19 bits per heavy atom. The number of carbonyl (C=O) groups excluding carboxylic acids is 1. The Bertz CT molecular complexity index is 614. The fourth-order valence-corrected chi connectivity index (χ4v) is 3.11. The highest BCUT2D eigenvalue weighted by Crippen LogP contribution is 2.23. The van der Waals surface area contributed by atoms with Crippen molar-refractivity contribution in [2.24, 2.45) is 0 Å². The van der Waals surface area contributed by atoms with E-state index in [1.165, 1.54) is 11.6 Å². The van der Waals surface area contributed by atoms with Crippen LogP contribution < -0.4 is 5.32 Å². The van der Waals surface area contributed by atoms with Gasteiger partial charge >= 0.3 is 0 Å². The maximum Gasteiger partial charge on any atom is 0.255 e. The minimum atomic E-state index is -0.282. The maximum absolute atomic E-state index is 12.2. The highest BCUT2D eigenvalue weighted by molar-refractivity contribution is 9.10. The van der Waals surface area contributed by atoms with Crippen molar-refractivity contribution in [3.63, 3.8) is 0 Å². The summed E-state index contributed by atoms with van der Waals surface area (Å²) in [6.07, 6.45) is 0. The number of halogens is 1. The van der Waals surface area contributed by atoms with Gasteiger partial charge in [0, 0.05) is 11.0 Å². The minimum absolute atomic E-state index is 0.0207. The molecule has 2 rings (SSSR count). The number of phenolic OH excluding ortho intramolecular Hbond substituents is 1. The van der Waals surface area contributed by atoms with Crippen molar-refractivity contribution in [1.82, 2.24) is 10.2 Å². The summed E-state index contributed by atoms with van der Waals surface area (Å²) in [6.45, 7) is 0.481. The Labute approximate surface area is 136 Å². The SMILES string of the molecule is CN(C)[C@@H](CNC(=O)c1cc(Br)ccc1O)c1ccsc1. The smallest absolute Gasteiger partial charge is 0.255 e. The normalized spacial score (nSPS) is 12.4. The molecule has 0 bridgehead atoms.